The first-order valence-electron chi connectivity index (χ1n) is 9.52. The summed E-state index contributed by atoms with van der Waals surface area (Å²) in [5.74, 6) is 0.505. The van der Waals surface area contributed by atoms with Crippen molar-refractivity contribution in [2.75, 3.05) is 24.5 Å². The molecule has 1 aromatic carbocycles. The van der Waals surface area contributed by atoms with Crippen LogP contribution in [0.4, 0.5) is 10.2 Å². The maximum atomic E-state index is 15.0. The fourth-order valence-corrected chi connectivity index (χ4v) is 3.77. The van der Waals surface area contributed by atoms with Crippen molar-refractivity contribution in [3.63, 3.8) is 0 Å². The van der Waals surface area contributed by atoms with Crippen LogP contribution in [0.3, 0.4) is 0 Å². The summed E-state index contributed by atoms with van der Waals surface area (Å²) >= 11 is 0. The van der Waals surface area contributed by atoms with Crippen LogP contribution in [0.5, 0.6) is 0 Å². The van der Waals surface area contributed by atoms with E-state index in [9.17, 15) is 9.18 Å². The van der Waals surface area contributed by atoms with E-state index in [1.807, 2.05) is 18.2 Å². The largest absolute Gasteiger partial charge is 0.352 e. The summed E-state index contributed by atoms with van der Waals surface area (Å²) in [6, 6.07) is 10.7. The fraction of sp³-hybridized carbons (Fsp3) is 0.238. The Kier molecular flexibility index (Phi) is 4.40. The van der Waals surface area contributed by atoms with Crippen LogP contribution in [-0.2, 0) is 11.2 Å². The van der Waals surface area contributed by atoms with Crippen molar-refractivity contribution >= 4 is 28.7 Å². The molecule has 0 spiro atoms. The van der Waals surface area contributed by atoms with E-state index < -0.39 is 0 Å². The Hall–Kier alpha value is -3.39. The van der Waals surface area contributed by atoms with Crippen LogP contribution in [0.1, 0.15) is 11.3 Å². The Bertz CT molecular complexity index is 1210. The number of rotatable bonds is 4. The van der Waals surface area contributed by atoms with Crippen LogP contribution in [-0.4, -0.2) is 51.5 Å². The quantitative estimate of drug-likeness (QED) is 0.537. The van der Waals surface area contributed by atoms with Crippen molar-refractivity contribution < 1.29 is 9.18 Å². The molecule has 0 radical (unpaired) electrons. The third-order valence-corrected chi connectivity index (χ3v) is 5.28. The number of nitrogens with one attached hydrogen (secondary N) is 1. The van der Waals surface area contributed by atoms with Gasteiger partial charge < -0.3 is 15.0 Å². The number of piperazine rings is 1. The number of carbonyl (C=O) groups excluding carboxylic acids is 1. The third-order valence-electron chi connectivity index (χ3n) is 5.28. The second-order valence-electron chi connectivity index (χ2n) is 7.14. The number of anilines is 1. The van der Waals surface area contributed by atoms with Crippen LogP contribution in [0.15, 0.2) is 48.8 Å². The molecule has 0 saturated carbocycles. The van der Waals surface area contributed by atoms with Gasteiger partial charge in [0.05, 0.1) is 23.4 Å². The van der Waals surface area contributed by atoms with E-state index in [-0.39, 0.29) is 11.9 Å². The predicted octanol–water partition coefficient (Wildman–Crippen LogP) is 1.98. The first kappa shape index (κ1) is 17.7. The molecule has 0 aliphatic carbocycles. The Labute approximate surface area is 166 Å². The van der Waals surface area contributed by atoms with Crippen molar-refractivity contribution in [2.24, 2.45) is 0 Å². The summed E-state index contributed by atoms with van der Waals surface area (Å²) in [5, 5.41) is 8.39. The van der Waals surface area contributed by atoms with Gasteiger partial charge in [0.15, 0.2) is 5.65 Å². The second kappa shape index (κ2) is 7.21. The van der Waals surface area contributed by atoms with Crippen LogP contribution in [0, 0.1) is 5.82 Å². The zero-order chi connectivity index (χ0) is 19.8. The molecule has 1 aliphatic heterocycles. The molecule has 4 heterocycles. The minimum atomic E-state index is -0.266. The van der Waals surface area contributed by atoms with Gasteiger partial charge in [0.1, 0.15) is 17.9 Å². The normalized spacial score (nSPS) is 17.1. The molecule has 1 saturated heterocycles. The minimum absolute atomic E-state index is 0.205. The van der Waals surface area contributed by atoms with Gasteiger partial charge in [-0.15, -0.1) is 5.10 Å². The number of nitrogens with zero attached hydrogens (tertiary/aromatic N) is 5. The van der Waals surface area contributed by atoms with Gasteiger partial charge in [-0.25, -0.2) is 13.9 Å². The molecule has 0 amide bonds. The monoisotopic (exact) mass is 390 g/mol. The smallest absolute Gasteiger partial charge is 0.153 e. The van der Waals surface area contributed by atoms with Gasteiger partial charge in [0.2, 0.25) is 0 Å². The lowest BCUT2D eigenvalue weighted by Crippen LogP contribution is -2.51. The zero-order valence-corrected chi connectivity index (χ0v) is 15.6. The standard InChI is InChI=1S/C21H19FN6O/c22-21-14(3-4-18-17(21)2-1-7-24-18)10-16-11-25-19-5-6-20(26-28(16)19)27-9-8-23-15(12-27)13-29/h1-7,11,13,15,23H,8-10,12H2. The van der Waals surface area contributed by atoms with E-state index >= 15 is 0 Å². The predicted molar refractivity (Wildman–Crippen MR) is 108 cm³/mol. The summed E-state index contributed by atoms with van der Waals surface area (Å²) in [4.78, 5) is 21.8. The minimum Gasteiger partial charge on any atom is -0.352 e. The SMILES string of the molecule is O=CC1CN(c2ccc3ncc(Cc4ccc5ncccc5c4F)n3n2)CCN1. The Morgan fingerprint density at radius 3 is 3.03 bits per heavy atom. The number of imidazole rings is 1. The molecular weight excluding hydrogens is 371 g/mol. The average Bonchev–Trinajstić information content (AvgIpc) is 3.18. The maximum Gasteiger partial charge on any atom is 0.153 e. The number of benzene rings is 1. The highest BCUT2D eigenvalue weighted by molar-refractivity contribution is 5.79. The summed E-state index contributed by atoms with van der Waals surface area (Å²) in [6.07, 6.45) is 4.67. The Morgan fingerprint density at radius 2 is 2.14 bits per heavy atom. The molecule has 0 bridgehead atoms. The molecule has 7 nitrogen and oxygen atoms in total. The van der Waals surface area contributed by atoms with E-state index in [1.165, 1.54) is 0 Å². The van der Waals surface area contributed by atoms with Crippen molar-refractivity contribution in [1.82, 2.24) is 24.9 Å². The van der Waals surface area contributed by atoms with Gasteiger partial charge in [-0.3, -0.25) is 4.98 Å². The number of carbonyl (C=O) groups is 1. The third kappa shape index (κ3) is 3.21. The number of aldehydes is 1. The van der Waals surface area contributed by atoms with E-state index in [0.717, 1.165) is 30.9 Å². The van der Waals surface area contributed by atoms with Gasteiger partial charge in [0, 0.05) is 37.6 Å². The van der Waals surface area contributed by atoms with Crippen LogP contribution in [0.2, 0.25) is 0 Å². The van der Waals surface area contributed by atoms with Gasteiger partial charge in [-0.1, -0.05) is 6.07 Å². The van der Waals surface area contributed by atoms with Gasteiger partial charge in [-0.2, -0.15) is 0 Å². The first-order valence-corrected chi connectivity index (χ1v) is 9.52. The lowest BCUT2D eigenvalue weighted by atomic mass is 10.1. The van der Waals surface area contributed by atoms with Crippen molar-refractivity contribution in [3.8, 4) is 0 Å². The molecule has 1 atom stereocenters. The Balaban J connectivity index is 1.49. The van der Waals surface area contributed by atoms with Crippen molar-refractivity contribution in [3.05, 3.63) is 65.9 Å². The summed E-state index contributed by atoms with van der Waals surface area (Å²) < 4.78 is 16.7. The lowest BCUT2D eigenvalue weighted by Gasteiger charge is -2.31. The molecule has 8 heteroatoms. The fourth-order valence-electron chi connectivity index (χ4n) is 3.77. The molecule has 1 fully saturated rings. The number of hydrogen-bond acceptors (Lipinski definition) is 6. The highest BCUT2D eigenvalue weighted by atomic mass is 19.1. The summed E-state index contributed by atoms with van der Waals surface area (Å²) in [7, 11) is 0. The van der Waals surface area contributed by atoms with Crippen molar-refractivity contribution in [2.45, 2.75) is 12.5 Å². The number of halogens is 1. The molecule has 3 aromatic heterocycles. The van der Waals surface area contributed by atoms with E-state index in [2.05, 4.69) is 20.2 Å². The summed E-state index contributed by atoms with van der Waals surface area (Å²) in [6.45, 7) is 2.05. The molecule has 5 rings (SSSR count). The second-order valence-corrected chi connectivity index (χ2v) is 7.14. The average molecular weight is 390 g/mol. The van der Waals surface area contributed by atoms with Crippen LogP contribution >= 0.6 is 0 Å². The molecular formula is C21H19FN6O. The topological polar surface area (TPSA) is 75.4 Å². The molecule has 4 aromatic rings. The van der Waals surface area contributed by atoms with Gasteiger partial charge in [-0.05, 0) is 35.9 Å². The van der Waals surface area contributed by atoms with Crippen molar-refractivity contribution in [1.29, 1.82) is 0 Å². The number of fused-ring (bicyclic) bond motifs is 2. The Morgan fingerprint density at radius 1 is 1.21 bits per heavy atom. The molecule has 29 heavy (non-hydrogen) atoms. The highest BCUT2D eigenvalue weighted by Crippen LogP contribution is 2.22. The van der Waals surface area contributed by atoms with Crippen LogP contribution in [0.25, 0.3) is 16.6 Å². The highest BCUT2D eigenvalue weighted by Gasteiger charge is 2.20. The van der Waals surface area contributed by atoms with E-state index in [4.69, 9.17) is 5.10 Å². The first-order chi connectivity index (χ1) is 14.2. The summed E-state index contributed by atoms with van der Waals surface area (Å²) in [5.41, 5.74) is 2.71. The molecule has 146 valence electrons. The van der Waals surface area contributed by atoms with E-state index in [1.54, 1.807) is 35.1 Å². The number of pyridine rings is 1. The lowest BCUT2D eigenvalue weighted by molar-refractivity contribution is -0.109. The van der Waals surface area contributed by atoms with Gasteiger partial charge >= 0.3 is 0 Å². The van der Waals surface area contributed by atoms with E-state index in [0.29, 0.717) is 35.1 Å². The number of hydrogen-bond donors (Lipinski definition) is 1. The van der Waals surface area contributed by atoms with Gasteiger partial charge in [0.25, 0.3) is 0 Å². The maximum absolute atomic E-state index is 15.0. The molecule has 1 aliphatic rings. The molecule has 1 unspecified atom stereocenters. The molecule has 1 N–H and O–H groups in total. The zero-order valence-electron chi connectivity index (χ0n) is 15.6. The van der Waals surface area contributed by atoms with Crippen LogP contribution < -0.4 is 10.2 Å². The number of aromatic nitrogens is 4.